The fourth-order valence-corrected chi connectivity index (χ4v) is 2.30. The second-order valence-electron chi connectivity index (χ2n) is 5.45. The minimum Gasteiger partial charge on any atom is -0.481 e. The number of amides is 1. The van der Waals surface area contributed by atoms with E-state index in [2.05, 4.69) is 6.58 Å². The number of carboxylic acids is 1. The number of piperidine rings is 1. The molecule has 0 aliphatic carbocycles. The Kier molecular flexibility index (Phi) is 4.31. The number of ether oxygens (including phenoxy) is 1. The molecule has 1 aliphatic rings. The van der Waals surface area contributed by atoms with Gasteiger partial charge in [0.2, 0.25) is 0 Å². The Morgan fingerprint density at radius 3 is 2.67 bits per heavy atom. The van der Waals surface area contributed by atoms with Crippen molar-refractivity contribution in [3.8, 4) is 0 Å². The Morgan fingerprint density at radius 2 is 2.05 bits per heavy atom. The highest BCUT2D eigenvalue weighted by molar-refractivity contribution is 5.80. The lowest BCUT2D eigenvalue weighted by atomic mass is 9.78. The van der Waals surface area contributed by atoms with Crippen LogP contribution in [0.1, 0.15) is 18.9 Å². The van der Waals surface area contributed by atoms with Crippen molar-refractivity contribution in [2.24, 2.45) is 5.41 Å². The number of likely N-dealkylation sites (tertiary alicyclic amines) is 1. The van der Waals surface area contributed by atoms with Crippen molar-refractivity contribution in [3.63, 3.8) is 0 Å². The van der Waals surface area contributed by atoms with Crippen LogP contribution in [0.3, 0.4) is 0 Å². The Hall–Kier alpha value is -2.30. The molecule has 1 N–H and O–H groups in total. The molecule has 1 aliphatic heterocycles. The Balaban J connectivity index is 1.97. The molecule has 112 valence electrons. The van der Waals surface area contributed by atoms with Crippen molar-refractivity contribution in [3.05, 3.63) is 48.0 Å². The van der Waals surface area contributed by atoms with Crippen molar-refractivity contribution in [2.75, 3.05) is 13.1 Å². The molecule has 1 aromatic carbocycles. The summed E-state index contributed by atoms with van der Waals surface area (Å²) in [6, 6.07) is 9.37. The molecule has 5 nitrogen and oxygen atoms in total. The predicted octanol–water partition coefficient (Wildman–Crippen LogP) is 2.68. The van der Waals surface area contributed by atoms with Gasteiger partial charge in [0.25, 0.3) is 0 Å². The minimum atomic E-state index is -1.11. The maximum absolute atomic E-state index is 12.1. The number of carboxylic acid groups (broad SMARTS) is 1. The molecule has 2 rings (SSSR count). The Morgan fingerprint density at radius 1 is 1.38 bits per heavy atom. The van der Waals surface area contributed by atoms with Gasteiger partial charge >= 0.3 is 12.1 Å². The first kappa shape index (κ1) is 15.1. The highest BCUT2D eigenvalue weighted by Gasteiger charge is 2.42. The van der Waals surface area contributed by atoms with E-state index in [1.165, 1.54) is 4.90 Å². The van der Waals surface area contributed by atoms with E-state index in [1.807, 2.05) is 30.3 Å². The van der Waals surface area contributed by atoms with Crippen LogP contribution in [0.15, 0.2) is 42.5 Å². The first-order valence-corrected chi connectivity index (χ1v) is 6.81. The van der Waals surface area contributed by atoms with E-state index in [1.54, 1.807) is 6.92 Å². The van der Waals surface area contributed by atoms with Gasteiger partial charge in [0.1, 0.15) is 12.0 Å². The van der Waals surface area contributed by atoms with E-state index in [0.717, 1.165) is 5.56 Å². The third-order valence-electron chi connectivity index (χ3n) is 3.91. The number of rotatable bonds is 3. The third-order valence-corrected chi connectivity index (χ3v) is 3.91. The summed E-state index contributed by atoms with van der Waals surface area (Å²) in [5.74, 6) is -0.965. The summed E-state index contributed by atoms with van der Waals surface area (Å²) >= 11 is 0. The third kappa shape index (κ3) is 3.24. The molecular weight excluding hydrogens is 270 g/mol. The summed E-state index contributed by atoms with van der Waals surface area (Å²) < 4.78 is 5.24. The number of aliphatic carboxylic acids is 1. The monoisotopic (exact) mass is 289 g/mol. The van der Waals surface area contributed by atoms with E-state index in [9.17, 15) is 14.7 Å². The number of carbonyl (C=O) groups excluding carboxylic acids is 1. The largest absolute Gasteiger partial charge is 0.481 e. The van der Waals surface area contributed by atoms with Crippen molar-refractivity contribution in [1.82, 2.24) is 4.90 Å². The van der Waals surface area contributed by atoms with Crippen LogP contribution in [0.5, 0.6) is 0 Å². The van der Waals surface area contributed by atoms with E-state index in [0.29, 0.717) is 18.5 Å². The molecule has 1 atom stereocenters. The number of benzene rings is 1. The van der Waals surface area contributed by atoms with Gasteiger partial charge in [-0.25, -0.2) is 4.79 Å². The van der Waals surface area contributed by atoms with Gasteiger partial charge in [0.15, 0.2) is 0 Å². The van der Waals surface area contributed by atoms with Gasteiger partial charge in [-0.1, -0.05) is 42.5 Å². The zero-order valence-electron chi connectivity index (χ0n) is 12.0. The van der Waals surface area contributed by atoms with Crippen LogP contribution in [0.25, 0.3) is 0 Å². The molecule has 21 heavy (non-hydrogen) atoms. The number of hydrogen-bond donors (Lipinski definition) is 1. The number of carbonyl (C=O) groups is 2. The number of nitrogens with zero attached hydrogens (tertiary/aromatic N) is 1. The van der Waals surface area contributed by atoms with Crippen LogP contribution in [0.4, 0.5) is 4.79 Å². The quantitative estimate of drug-likeness (QED) is 0.869. The van der Waals surface area contributed by atoms with E-state index in [4.69, 9.17) is 4.74 Å². The summed E-state index contributed by atoms with van der Waals surface area (Å²) in [4.78, 5) is 24.9. The van der Waals surface area contributed by atoms with Crippen LogP contribution in [-0.4, -0.2) is 35.2 Å². The van der Waals surface area contributed by atoms with Gasteiger partial charge in [-0.05, 0) is 18.9 Å². The summed E-state index contributed by atoms with van der Waals surface area (Å²) in [5.41, 5.74) is 0.430. The second kappa shape index (κ2) is 5.99. The fraction of sp³-hybridized carbons (Fsp3) is 0.375. The van der Waals surface area contributed by atoms with Crippen molar-refractivity contribution in [1.29, 1.82) is 0 Å². The van der Waals surface area contributed by atoms with Gasteiger partial charge in [-0.3, -0.25) is 4.79 Å². The summed E-state index contributed by atoms with van der Waals surface area (Å²) in [6.45, 7) is 6.12. The molecule has 5 heteroatoms. The van der Waals surface area contributed by atoms with Gasteiger partial charge < -0.3 is 14.7 Å². The molecule has 1 aromatic rings. The van der Waals surface area contributed by atoms with Crippen LogP contribution < -0.4 is 0 Å². The molecule has 1 heterocycles. The van der Waals surface area contributed by atoms with Crippen LogP contribution in [0, 0.1) is 5.41 Å². The molecule has 0 saturated carbocycles. The summed E-state index contributed by atoms with van der Waals surface area (Å²) in [7, 11) is 0. The first-order valence-electron chi connectivity index (χ1n) is 6.81. The molecular formula is C16H19NO4. The van der Waals surface area contributed by atoms with Crippen LogP contribution in [-0.2, 0) is 16.1 Å². The van der Waals surface area contributed by atoms with Crippen molar-refractivity contribution < 1.29 is 19.4 Å². The molecule has 1 fully saturated rings. The SMILES string of the molecule is C=C1CCN(C(=O)OCc2ccccc2)CC1(C)C(=O)O. The highest BCUT2D eigenvalue weighted by Crippen LogP contribution is 2.34. The Labute approximate surface area is 123 Å². The van der Waals surface area contributed by atoms with E-state index < -0.39 is 17.5 Å². The van der Waals surface area contributed by atoms with Crippen LogP contribution in [0.2, 0.25) is 0 Å². The average Bonchev–Trinajstić information content (AvgIpc) is 2.48. The van der Waals surface area contributed by atoms with E-state index >= 15 is 0 Å². The van der Waals surface area contributed by atoms with Crippen molar-refractivity contribution >= 4 is 12.1 Å². The molecule has 1 unspecified atom stereocenters. The highest BCUT2D eigenvalue weighted by atomic mass is 16.6. The topological polar surface area (TPSA) is 66.8 Å². The number of hydrogen-bond acceptors (Lipinski definition) is 3. The van der Waals surface area contributed by atoms with Crippen molar-refractivity contribution in [2.45, 2.75) is 20.0 Å². The normalized spacial score (nSPS) is 22.0. The van der Waals surface area contributed by atoms with Gasteiger partial charge in [0.05, 0.1) is 0 Å². The lowest BCUT2D eigenvalue weighted by molar-refractivity contribution is -0.147. The minimum absolute atomic E-state index is 0.0921. The maximum atomic E-state index is 12.1. The zero-order valence-corrected chi connectivity index (χ0v) is 12.0. The molecule has 1 saturated heterocycles. The molecule has 1 amide bonds. The zero-order chi connectivity index (χ0) is 15.5. The Bertz CT molecular complexity index is 555. The average molecular weight is 289 g/mol. The molecule has 0 spiro atoms. The lowest BCUT2D eigenvalue weighted by Gasteiger charge is -2.38. The van der Waals surface area contributed by atoms with E-state index in [-0.39, 0.29) is 13.2 Å². The van der Waals surface area contributed by atoms with Gasteiger partial charge in [-0.15, -0.1) is 0 Å². The fourth-order valence-electron chi connectivity index (χ4n) is 2.30. The standard InChI is InChI=1S/C16H19NO4/c1-12-8-9-17(11-16(12,2)14(18)19)15(20)21-10-13-6-4-3-5-7-13/h3-7H,1,8-11H2,2H3,(H,18,19). The second-order valence-corrected chi connectivity index (χ2v) is 5.45. The maximum Gasteiger partial charge on any atom is 0.410 e. The van der Waals surface area contributed by atoms with Gasteiger partial charge in [0, 0.05) is 13.1 Å². The first-order chi connectivity index (χ1) is 9.93. The summed E-state index contributed by atoms with van der Waals surface area (Å²) in [5, 5.41) is 9.34. The molecule has 0 bridgehead atoms. The smallest absolute Gasteiger partial charge is 0.410 e. The summed E-state index contributed by atoms with van der Waals surface area (Å²) in [6.07, 6.45) is -0.0118. The van der Waals surface area contributed by atoms with Gasteiger partial charge in [-0.2, -0.15) is 0 Å². The molecule has 0 aromatic heterocycles. The molecule has 0 radical (unpaired) electrons. The predicted molar refractivity (Wildman–Crippen MR) is 77.7 cm³/mol. The lowest BCUT2D eigenvalue weighted by Crippen LogP contribution is -2.49. The van der Waals surface area contributed by atoms with Crippen LogP contribution >= 0.6 is 0 Å².